The van der Waals surface area contributed by atoms with Crippen LogP contribution in [0.3, 0.4) is 0 Å². The number of para-hydroxylation sites is 1. The van der Waals surface area contributed by atoms with Crippen LogP contribution in [0.4, 0.5) is 0 Å². The van der Waals surface area contributed by atoms with Gasteiger partial charge >= 0.3 is 0 Å². The van der Waals surface area contributed by atoms with Gasteiger partial charge in [-0.1, -0.05) is 18.2 Å². The molecule has 2 heterocycles. The first-order valence-electron chi connectivity index (χ1n) is 10.0. The van der Waals surface area contributed by atoms with Crippen molar-refractivity contribution < 1.29 is 19.1 Å². The monoisotopic (exact) mass is 389 g/mol. The van der Waals surface area contributed by atoms with E-state index >= 15 is 0 Å². The van der Waals surface area contributed by atoms with E-state index in [0.717, 1.165) is 31.4 Å². The molecule has 0 saturated carbocycles. The molecule has 1 aromatic carbocycles. The van der Waals surface area contributed by atoms with E-state index in [-0.39, 0.29) is 24.5 Å². The van der Waals surface area contributed by atoms with Crippen LogP contribution in [0, 0.1) is 0 Å². The van der Waals surface area contributed by atoms with Crippen molar-refractivity contribution in [3.05, 3.63) is 30.3 Å². The van der Waals surface area contributed by atoms with Crippen LogP contribution in [0.5, 0.6) is 5.75 Å². The van der Waals surface area contributed by atoms with Crippen LogP contribution in [0.1, 0.15) is 25.7 Å². The largest absolute Gasteiger partial charge is 0.491 e. The molecule has 0 unspecified atom stereocenters. The second-order valence-electron chi connectivity index (χ2n) is 7.80. The number of fused-ring (bicyclic) bond motifs is 2. The Morgan fingerprint density at radius 1 is 1.11 bits per heavy atom. The maximum Gasteiger partial charge on any atom is 0.246 e. The molecule has 154 valence electrons. The molecule has 7 heteroatoms. The molecule has 1 N–H and O–H groups in total. The molecule has 2 amide bonds. The van der Waals surface area contributed by atoms with Crippen LogP contribution < -0.4 is 10.1 Å². The van der Waals surface area contributed by atoms with Crippen LogP contribution in [0.2, 0.25) is 0 Å². The summed E-state index contributed by atoms with van der Waals surface area (Å²) < 4.78 is 11.0. The molecule has 2 bridgehead atoms. The summed E-state index contributed by atoms with van der Waals surface area (Å²) in [5.41, 5.74) is 0. The summed E-state index contributed by atoms with van der Waals surface area (Å²) in [5, 5.41) is 3.10. The summed E-state index contributed by atoms with van der Waals surface area (Å²) >= 11 is 0. The van der Waals surface area contributed by atoms with Gasteiger partial charge in [-0.05, 0) is 37.8 Å². The Morgan fingerprint density at radius 2 is 1.79 bits per heavy atom. The molecular formula is C21H31N3O4. The fourth-order valence-corrected chi connectivity index (χ4v) is 4.12. The van der Waals surface area contributed by atoms with Gasteiger partial charge in [0, 0.05) is 32.2 Å². The van der Waals surface area contributed by atoms with Crippen molar-refractivity contribution in [3.63, 3.8) is 0 Å². The number of benzene rings is 1. The average Bonchev–Trinajstić information content (AvgIpc) is 2.90. The van der Waals surface area contributed by atoms with E-state index in [4.69, 9.17) is 9.47 Å². The molecule has 0 spiro atoms. The minimum atomic E-state index is -0.0815. The van der Waals surface area contributed by atoms with E-state index < -0.39 is 0 Å². The van der Waals surface area contributed by atoms with Gasteiger partial charge in [0.05, 0.1) is 13.2 Å². The zero-order valence-corrected chi connectivity index (χ0v) is 16.8. The fourth-order valence-electron chi connectivity index (χ4n) is 4.12. The number of piperidine rings is 1. The maximum absolute atomic E-state index is 12.2. The first-order chi connectivity index (χ1) is 13.5. The van der Waals surface area contributed by atoms with Gasteiger partial charge in [-0.3, -0.25) is 14.5 Å². The summed E-state index contributed by atoms with van der Waals surface area (Å²) in [6, 6.07) is 10.5. The summed E-state index contributed by atoms with van der Waals surface area (Å²) in [6.45, 7) is 1.32. The van der Waals surface area contributed by atoms with Crippen molar-refractivity contribution in [2.75, 3.05) is 40.5 Å². The minimum absolute atomic E-state index is 0.0484. The average molecular weight is 389 g/mol. The summed E-state index contributed by atoms with van der Waals surface area (Å²) in [5.74, 6) is 0.859. The molecule has 3 rings (SSSR count). The van der Waals surface area contributed by atoms with E-state index in [2.05, 4.69) is 10.2 Å². The van der Waals surface area contributed by atoms with Gasteiger partial charge < -0.3 is 19.7 Å². The number of rotatable bonds is 9. The molecule has 2 aliphatic rings. The lowest BCUT2D eigenvalue weighted by molar-refractivity contribution is -0.132. The number of nitrogens with zero attached hydrogens (tertiary/aromatic N) is 2. The number of carbonyl (C=O) groups is 2. The Balaban J connectivity index is 1.33. The number of hydrogen-bond donors (Lipinski definition) is 1. The lowest BCUT2D eigenvalue weighted by Crippen LogP contribution is -2.53. The molecule has 2 saturated heterocycles. The lowest BCUT2D eigenvalue weighted by atomic mass is 9.97. The zero-order valence-electron chi connectivity index (χ0n) is 16.8. The number of amides is 2. The van der Waals surface area contributed by atoms with Gasteiger partial charge in [0.2, 0.25) is 11.8 Å². The fraction of sp³-hybridized carbons (Fsp3) is 0.619. The molecule has 1 aromatic rings. The highest BCUT2D eigenvalue weighted by Gasteiger charge is 2.41. The minimum Gasteiger partial charge on any atom is -0.491 e. The van der Waals surface area contributed by atoms with Crippen LogP contribution >= 0.6 is 0 Å². The van der Waals surface area contributed by atoms with Crippen LogP contribution in [0.25, 0.3) is 0 Å². The lowest BCUT2D eigenvalue weighted by Gasteiger charge is -2.39. The van der Waals surface area contributed by atoms with Crippen molar-refractivity contribution >= 4 is 11.8 Å². The molecule has 7 nitrogen and oxygen atoms in total. The summed E-state index contributed by atoms with van der Waals surface area (Å²) in [6.07, 6.45) is 4.01. The zero-order chi connectivity index (χ0) is 19.9. The topological polar surface area (TPSA) is 71.1 Å². The number of hydrogen-bond acceptors (Lipinski definition) is 5. The molecule has 0 aliphatic carbocycles. The second-order valence-corrected chi connectivity index (χ2v) is 7.80. The van der Waals surface area contributed by atoms with Crippen molar-refractivity contribution in [1.82, 2.24) is 15.1 Å². The molecule has 2 atom stereocenters. The molecule has 0 aromatic heterocycles. The van der Waals surface area contributed by atoms with Gasteiger partial charge in [0.15, 0.2) is 0 Å². The van der Waals surface area contributed by atoms with Gasteiger partial charge in [-0.15, -0.1) is 0 Å². The molecule has 2 aliphatic heterocycles. The standard InChI is InChI=1S/C21H31N3O4/c1-23(2)21(26)14-24-17-8-9-18(24)13-16(12-17)22-20(25)15-27-10-11-28-19-6-4-3-5-7-19/h3-7,16-18H,8-15H2,1-2H3,(H,22,25)/t17-,18-/m0/s1. The Bertz CT molecular complexity index is 638. The first-order valence-corrected chi connectivity index (χ1v) is 10.0. The van der Waals surface area contributed by atoms with E-state index in [9.17, 15) is 9.59 Å². The molecule has 28 heavy (non-hydrogen) atoms. The van der Waals surface area contributed by atoms with Crippen LogP contribution in [-0.2, 0) is 14.3 Å². The Kier molecular flexibility index (Phi) is 7.28. The predicted octanol–water partition coefficient (Wildman–Crippen LogP) is 1.28. The highest BCUT2D eigenvalue weighted by molar-refractivity contribution is 5.78. The third kappa shape index (κ3) is 5.69. The van der Waals surface area contributed by atoms with Crippen molar-refractivity contribution in [3.8, 4) is 5.75 Å². The van der Waals surface area contributed by atoms with E-state index in [1.54, 1.807) is 19.0 Å². The Hall–Kier alpha value is -2.12. The maximum atomic E-state index is 12.2. The second kappa shape index (κ2) is 9.89. The first kappa shape index (κ1) is 20.6. The van der Waals surface area contributed by atoms with E-state index in [0.29, 0.717) is 31.8 Å². The molecule has 0 radical (unpaired) electrons. The number of carbonyl (C=O) groups excluding carboxylic acids is 2. The third-order valence-electron chi connectivity index (χ3n) is 5.54. The molecular weight excluding hydrogens is 358 g/mol. The number of likely N-dealkylation sites (N-methyl/N-ethyl adjacent to an activating group) is 1. The number of nitrogens with one attached hydrogen (secondary N) is 1. The number of ether oxygens (including phenoxy) is 2. The predicted molar refractivity (Wildman–Crippen MR) is 106 cm³/mol. The highest BCUT2D eigenvalue weighted by atomic mass is 16.5. The van der Waals surface area contributed by atoms with Gasteiger partial charge in [-0.2, -0.15) is 0 Å². The normalized spacial score (nSPS) is 24.0. The summed E-state index contributed by atoms with van der Waals surface area (Å²) in [4.78, 5) is 28.2. The van der Waals surface area contributed by atoms with Gasteiger partial charge in [0.25, 0.3) is 0 Å². The third-order valence-corrected chi connectivity index (χ3v) is 5.54. The van der Waals surface area contributed by atoms with Crippen molar-refractivity contribution in [1.29, 1.82) is 0 Å². The van der Waals surface area contributed by atoms with Gasteiger partial charge in [0.1, 0.15) is 19.0 Å². The van der Waals surface area contributed by atoms with Crippen molar-refractivity contribution in [2.24, 2.45) is 0 Å². The SMILES string of the molecule is CN(C)C(=O)CN1[C@H]2CC[C@H]1CC(NC(=O)COCCOc1ccccc1)C2. The van der Waals surface area contributed by atoms with E-state index in [1.165, 1.54) is 0 Å². The Labute approximate surface area is 167 Å². The summed E-state index contributed by atoms with van der Waals surface area (Å²) in [7, 11) is 3.59. The van der Waals surface area contributed by atoms with Gasteiger partial charge in [-0.25, -0.2) is 0 Å². The highest BCUT2D eigenvalue weighted by Crippen LogP contribution is 2.35. The smallest absolute Gasteiger partial charge is 0.246 e. The van der Waals surface area contributed by atoms with Crippen molar-refractivity contribution in [2.45, 2.75) is 43.8 Å². The van der Waals surface area contributed by atoms with E-state index in [1.807, 2.05) is 30.3 Å². The van der Waals surface area contributed by atoms with Crippen LogP contribution in [0.15, 0.2) is 30.3 Å². The Morgan fingerprint density at radius 3 is 2.43 bits per heavy atom. The quantitative estimate of drug-likeness (QED) is 0.645. The molecule has 2 fully saturated rings. The van der Waals surface area contributed by atoms with Crippen LogP contribution in [-0.4, -0.2) is 80.2 Å².